The fraction of sp³-hybridized carbons (Fsp3) is 0.444. The van der Waals surface area contributed by atoms with E-state index in [0.29, 0.717) is 13.4 Å². The van der Waals surface area contributed by atoms with E-state index < -0.39 is 0 Å². The summed E-state index contributed by atoms with van der Waals surface area (Å²) in [6, 6.07) is 2.05. The monoisotopic (exact) mass is 275 g/mol. The van der Waals surface area contributed by atoms with Gasteiger partial charge in [0.15, 0.2) is 0 Å². The van der Waals surface area contributed by atoms with Gasteiger partial charge >= 0.3 is 0 Å². The third-order valence-corrected chi connectivity index (χ3v) is 3.34. The molecule has 0 aromatic carbocycles. The van der Waals surface area contributed by atoms with Gasteiger partial charge in [-0.25, -0.2) is 0 Å². The van der Waals surface area contributed by atoms with Crippen LogP contribution in [0.4, 0.5) is 0 Å². The molecule has 0 N–H and O–H groups in total. The van der Waals surface area contributed by atoms with E-state index >= 15 is 0 Å². The summed E-state index contributed by atoms with van der Waals surface area (Å²) in [6.07, 6.45) is 3.85. The number of nitrogens with zero attached hydrogens (tertiary/aromatic N) is 1. The molecule has 0 radical (unpaired) electrons. The maximum absolute atomic E-state index is 5.33. The number of thioether (sulfide) groups is 1. The first-order valence-corrected chi connectivity index (χ1v) is 6.05. The van der Waals surface area contributed by atoms with Crippen molar-refractivity contribution in [2.45, 2.75) is 11.0 Å². The molecule has 2 rings (SSSR count). The predicted octanol–water partition coefficient (Wildman–Crippen LogP) is 2.31. The van der Waals surface area contributed by atoms with Crippen molar-refractivity contribution < 1.29 is 9.47 Å². The third kappa shape index (κ3) is 2.95. The molecule has 0 spiro atoms. The van der Waals surface area contributed by atoms with Crippen LogP contribution in [-0.2, 0) is 9.47 Å². The summed E-state index contributed by atoms with van der Waals surface area (Å²) in [4.78, 5) is 5.24. The molecule has 1 aliphatic heterocycles. The molecule has 0 bridgehead atoms. The number of pyridine rings is 1. The smallest absolute Gasteiger partial charge is 0.147 e. The molecule has 14 heavy (non-hydrogen) atoms. The van der Waals surface area contributed by atoms with Crippen LogP contribution in [0, 0.1) is 0 Å². The molecule has 76 valence electrons. The molecule has 0 aliphatic carbocycles. The van der Waals surface area contributed by atoms with Crippen LogP contribution >= 0.6 is 27.7 Å². The van der Waals surface area contributed by atoms with Crippen LogP contribution in [0.15, 0.2) is 27.8 Å². The van der Waals surface area contributed by atoms with Gasteiger partial charge in [-0.3, -0.25) is 4.98 Å². The van der Waals surface area contributed by atoms with E-state index in [1.165, 1.54) is 0 Å². The second kappa shape index (κ2) is 5.11. The van der Waals surface area contributed by atoms with Crippen LogP contribution in [0.2, 0.25) is 0 Å². The van der Waals surface area contributed by atoms with Gasteiger partial charge in [-0.05, 0) is 22.0 Å². The fourth-order valence-electron chi connectivity index (χ4n) is 1.13. The highest BCUT2D eigenvalue weighted by molar-refractivity contribution is 9.10. The normalized spacial score (nSPS) is 21.4. The Hall–Kier alpha value is -0.100. The lowest BCUT2D eigenvalue weighted by atomic mass is 10.4. The molecular formula is C9H10BrNO2S. The second-order valence-corrected chi connectivity index (χ2v) is 4.94. The van der Waals surface area contributed by atoms with Gasteiger partial charge in [0.05, 0.1) is 12.7 Å². The molecule has 1 atom stereocenters. The number of ether oxygens (including phenoxy) is 2. The molecule has 3 nitrogen and oxygen atoms in total. The third-order valence-electron chi connectivity index (χ3n) is 1.81. The Morgan fingerprint density at radius 2 is 2.50 bits per heavy atom. The van der Waals surface area contributed by atoms with Crippen LogP contribution in [-0.4, -0.2) is 30.2 Å². The Bertz CT molecular complexity index is 305. The summed E-state index contributed by atoms with van der Waals surface area (Å²) < 4.78 is 11.4. The minimum Gasteiger partial charge on any atom is -0.353 e. The van der Waals surface area contributed by atoms with Crippen LogP contribution in [0.3, 0.4) is 0 Å². The van der Waals surface area contributed by atoms with E-state index in [1.807, 2.05) is 12.3 Å². The molecule has 1 saturated heterocycles. The number of halogens is 1. The molecule has 1 fully saturated rings. The lowest BCUT2D eigenvalue weighted by Crippen LogP contribution is -2.12. The van der Waals surface area contributed by atoms with Crippen molar-refractivity contribution in [2.24, 2.45) is 0 Å². The Morgan fingerprint density at radius 1 is 1.57 bits per heavy atom. The molecule has 1 aromatic heterocycles. The molecule has 0 saturated carbocycles. The molecule has 1 aromatic rings. The van der Waals surface area contributed by atoms with E-state index in [-0.39, 0.29) is 6.10 Å². The molecule has 5 heteroatoms. The molecule has 2 heterocycles. The Kier molecular flexibility index (Phi) is 3.81. The van der Waals surface area contributed by atoms with Gasteiger partial charge in [-0.1, -0.05) is 0 Å². The van der Waals surface area contributed by atoms with Gasteiger partial charge in [-0.15, -0.1) is 11.8 Å². The molecule has 1 aliphatic rings. The summed E-state index contributed by atoms with van der Waals surface area (Å²) in [5.74, 6) is 0.915. The van der Waals surface area contributed by atoms with E-state index in [9.17, 15) is 0 Å². The topological polar surface area (TPSA) is 31.4 Å². The highest BCUT2D eigenvalue weighted by atomic mass is 79.9. The van der Waals surface area contributed by atoms with Gasteiger partial charge < -0.3 is 9.47 Å². The average Bonchev–Trinajstić information content (AvgIpc) is 2.67. The van der Waals surface area contributed by atoms with Crippen molar-refractivity contribution in [1.82, 2.24) is 4.98 Å². The summed E-state index contributed by atoms with van der Waals surface area (Å²) in [5.41, 5.74) is 0. The van der Waals surface area contributed by atoms with Crippen molar-refractivity contribution in [3.63, 3.8) is 0 Å². The molecule has 1 unspecified atom stereocenters. The zero-order chi connectivity index (χ0) is 9.80. The van der Waals surface area contributed by atoms with Crippen molar-refractivity contribution in [3.05, 3.63) is 22.9 Å². The summed E-state index contributed by atoms with van der Waals surface area (Å²) in [5, 5.41) is 0. The highest BCUT2D eigenvalue weighted by Crippen LogP contribution is 2.22. The van der Waals surface area contributed by atoms with E-state index in [4.69, 9.17) is 9.47 Å². The van der Waals surface area contributed by atoms with Gasteiger partial charge in [-0.2, -0.15) is 0 Å². The maximum Gasteiger partial charge on any atom is 0.147 e. The first-order valence-electron chi connectivity index (χ1n) is 4.27. The fourth-order valence-corrected chi connectivity index (χ4v) is 2.56. The SMILES string of the molecule is Brc1cncc(SCC2COCO2)c1. The maximum atomic E-state index is 5.33. The quantitative estimate of drug-likeness (QED) is 0.793. The molecular weight excluding hydrogens is 266 g/mol. The number of hydrogen-bond donors (Lipinski definition) is 0. The zero-order valence-electron chi connectivity index (χ0n) is 7.48. The van der Waals surface area contributed by atoms with Crippen molar-refractivity contribution in [2.75, 3.05) is 19.2 Å². The van der Waals surface area contributed by atoms with Crippen molar-refractivity contribution in [1.29, 1.82) is 0 Å². The minimum atomic E-state index is 0.221. The van der Waals surface area contributed by atoms with Crippen LogP contribution in [0.1, 0.15) is 0 Å². The van der Waals surface area contributed by atoms with E-state index in [2.05, 4.69) is 20.9 Å². The first kappa shape index (κ1) is 10.4. The van der Waals surface area contributed by atoms with Gasteiger partial charge in [0.25, 0.3) is 0 Å². The summed E-state index contributed by atoms with van der Waals surface area (Å²) in [6.45, 7) is 1.14. The summed E-state index contributed by atoms with van der Waals surface area (Å²) in [7, 11) is 0. The standard InChI is InChI=1S/C9H10BrNO2S/c10-7-1-9(3-11-2-7)14-5-8-4-12-6-13-8/h1-3,8H,4-6H2. The minimum absolute atomic E-state index is 0.221. The Balaban J connectivity index is 1.85. The van der Waals surface area contributed by atoms with Gasteiger partial charge in [0, 0.05) is 27.5 Å². The first-order chi connectivity index (χ1) is 6.84. The van der Waals surface area contributed by atoms with Gasteiger partial charge in [0.1, 0.15) is 6.79 Å². The van der Waals surface area contributed by atoms with Crippen LogP contribution in [0.5, 0.6) is 0 Å². The van der Waals surface area contributed by atoms with Crippen molar-refractivity contribution in [3.8, 4) is 0 Å². The van der Waals surface area contributed by atoms with Crippen LogP contribution < -0.4 is 0 Å². The zero-order valence-corrected chi connectivity index (χ0v) is 9.88. The van der Waals surface area contributed by atoms with E-state index in [0.717, 1.165) is 15.1 Å². The van der Waals surface area contributed by atoms with E-state index in [1.54, 1.807) is 18.0 Å². The lowest BCUT2D eigenvalue weighted by molar-refractivity contribution is 0.0525. The van der Waals surface area contributed by atoms with Crippen molar-refractivity contribution >= 4 is 27.7 Å². The number of rotatable bonds is 3. The molecule has 0 amide bonds. The Labute approximate surface area is 95.3 Å². The Morgan fingerprint density at radius 3 is 3.21 bits per heavy atom. The highest BCUT2D eigenvalue weighted by Gasteiger charge is 2.15. The summed E-state index contributed by atoms with van der Waals surface area (Å²) >= 11 is 5.12. The van der Waals surface area contributed by atoms with Crippen LogP contribution in [0.25, 0.3) is 0 Å². The van der Waals surface area contributed by atoms with Gasteiger partial charge in [0.2, 0.25) is 0 Å². The predicted molar refractivity (Wildman–Crippen MR) is 58.4 cm³/mol. The lowest BCUT2D eigenvalue weighted by Gasteiger charge is -2.06. The second-order valence-electron chi connectivity index (χ2n) is 2.93. The largest absolute Gasteiger partial charge is 0.353 e. The number of aromatic nitrogens is 1. The number of hydrogen-bond acceptors (Lipinski definition) is 4. The average molecular weight is 276 g/mol.